The van der Waals surface area contributed by atoms with E-state index in [2.05, 4.69) is 9.88 Å². The molecule has 0 bridgehead atoms. The van der Waals surface area contributed by atoms with Crippen molar-refractivity contribution in [3.8, 4) is 0 Å². The van der Waals surface area contributed by atoms with Gasteiger partial charge in [-0.25, -0.2) is 4.98 Å². The molecule has 0 aromatic carbocycles. The molecule has 1 atom stereocenters. The molecule has 1 N–H and O–H groups in total. The minimum Gasteiger partial charge on any atom is -0.385 e. The zero-order valence-corrected chi connectivity index (χ0v) is 17.2. The number of piperidine rings is 1. The monoisotopic (exact) mass is 383 g/mol. The van der Waals surface area contributed by atoms with E-state index in [-0.39, 0.29) is 12.2 Å². The number of anilines is 2. The van der Waals surface area contributed by atoms with Gasteiger partial charge in [0.2, 0.25) is 5.95 Å². The average Bonchev–Trinajstić information content (AvgIpc) is 3.05. The molecule has 1 aromatic rings. The lowest BCUT2D eigenvalue weighted by molar-refractivity contribution is -0.122. The SMILES string of the molecule is Cc1cc(N2CCC(C3=NCC4=C3C(C)(O)CC(=O)C4)CC2)nc(N(C)C)n1. The molecule has 1 unspecified atom stereocenters. The molecule has 4 rings (SSSR count). The first kappa shape index (κ1) is 19.1. The largest absolute Gasteiger partial charge is 0.385 e. The van der Waals surface area contributed by atoms with E-state index in [9.17, 15) is 9.90 Å². The van der Waals surface area contributed by atoms with Crippen molar-refractivity contribution >= 4 is 23.3 Å². The summed E-state index contributed by atoms with van der Waals surface area (Å²) in [5.41, 5.74) is 2.93. The molecule has 0 spiro atoms. The van der Waals surface area contributed by atoms with E-state index in [0.29, 0.717) is 18.9 Å². The Hall–Kier alpha value is -2.28. The molecular weight excluding hydrogens is 354 g/mol. The van der Waals surface area contributed by atoms with Gasteiger partial charge in [0.05, 0.1) is 12.1 Å². The fourth-order valence-corrected chi connectivity index (χ4v) is 4.71. The van der Waals surface area contributed by atoms with Crippen molar-refractivity contribution in [3.63, 3.8) is 0 Å². The topological polar surface area (TPSA) is 81.9 Å². The summed E-state index contributed by atoms with van der Waals surface area (Å²) in [6.45, 7) is 6.14. The number of aliphatic imine (C=N–C) groups is 1. The number of rotatable bonds is 3. The second kappa shape index (κ2) is 6.95. The molecule has 1 aliphatic carbocycles. The summed E-state index contributed by atoms with van der Waals surface area (Å²) in [5.74, 6) is 2.15. The summed E-state index contributed by atoms with van der Waals surface area (Å²) in [5, 5.41) is 10.9. The van der Waals surface area contributed by atoms with E-state index >= 15 is 0 Å². The van der Waals surface area contributed by atoms with Crippen molar-refractivity contribution in [2.75, 3.05) is 43.5 Å². The molecule has 28 heavy (non-hydrogen) atoms. The molecule has 0 radical (unpaired) electrons. The molecule has 3 heterocycles. The van der Waals surface area contributed by atoms with Gasteiger partial charge in [0.25, 0.3) is 0 Å². The van der Waals surface area contributed by atoms with Crippen molar-refractivity contribution in [1.82, 2.24) is 9.97 Å². The van der Waals surface area contributed by atoms with Crippen LogP contribution in [0.3, 0.4) is 0 Å². The highest BCUT2D eigenvalue weighted by molar-refractivity contribution is 6.08. The van der Waals surface area contributed by atoms with Crippen LogP contribution in [0, 0.1) is 12.8 Å². The molecular formula is C21H29N5O2. The van der Waals surface area contributed by atoms with Gasteiger partial charge in [-0.05, 0) is 32.3 Å². The van der Waals surface area contributed by atoms with Crippen molar-refractivity contribution < 1.29 is 9.90 Å². The maximum absolute atomic E-state index is 11.9. The molecule has 1 fully saturated rings. The molecule has 150 valence electrons. The van der Waals surface area contributed by atoms with E-state index in [1.54, 1.807) is 6.92 Å². The molecule has 1 saturated heterocycles. The lowest BCUT2D eigenvalue weighted by atomic mass is 9.74. The summed E-state index contributed by atoms with van der Waals surface area (Å²) in [6, 6.07) is 2.04. The van der Waals surface area contributed by atoms with E-state index in [1.807, 2.05) is 32.0 Å². The Morgan fingerprint density at radius 2 is 1.96 bits per heavy atom. The van der Waals surface area contributed by atoms with Gasteiger partial charge in [0.1, 0.15) is 11.6 Å². The van der Waals surface area contributed by atoms with Crippen molar-refractivity contribution in [1.29, 1.82) is 0 Å². The Morgan fingerprint density at radius 3 is 2.64 bits per heavy atom. The third-order valence-corrected chi connectivity index (χ3v) is 5.98. The fourth-order valence-electron chi connectivity index (χ4n) is 4.71. The van der Waals surface area contributed by atoms with Crippen LogP contribution in [-0.2, 0) is 4.79 Å². The Balaban J connectivity index is 1.49. The number of ketones is 1. The zero-order valence-electron chi connectivity index (χ0n) is 17.2. The molecule has 7 nitrogen and oxygen atoms in total. The van der Waals surface area contributed by atoms with Crippen LogP contribution in [0.25, 0.3) is 0 Å². The Labute approximate surface area is 166 Å². The highest BCUT2D eigenvalue weighted by atomic mass is 16.3. The van der Waals surface area contributed by atoms with Gasteiger partial charge in [-0.2, -0.15) is 4.98 Å². The van der Waals surface area contributed by atoms with Crippen molar-refractivity contribution in [2.24, 2.45) is 10.9 Å². The Kier molecular flexibility index (Phi) is 4.73. The summed E-state index contributed by atoms with van der Waals surface area (Å²) >= 11 is 0. The van der Waals surface area contributed by atoms with Gasteiger partial charge < -0.3 is 14.9 Å². The zero-order chi connectivity index (χ0) is 20.1. The van der Waals surface area contributed by atoms with Crippen LogP contribution >= 0.6 is 0 Å². The maximum atomic E-state index is 11.9. The highest BCUT2D eigenvalue weighted by Gasteiger charge is 2.43. The number of hydrogen-bond acceptors (Lipinski definition) is 7. The normalized spacial score (nSPS) is 25.8. The molecule has 1 aromatic heterocycles. The van der Waals surface area contributed by atoms with E-state index in [0.717, 1.165) is 60.2 Å². The van der Waals surface area contributed by atoms with Gasteiger partial charge in [0, 0.05) is 69.0 Å². The predicted molar refractivity (Wildman–Crippen MR) is 110 cm³/mol. The number of Topliss-reactive ketones (excluding diaryl/α,β-unsaturated/α-hetero) is 1. The van der Waals surface area contributed by atoms with Crippen LogP contribution in [0.5, 0.6) is 0 Å². The first-order valence-corrected chi connectivity index (χ1v) is 10.0. The van der Waals surface area contributed by atoms with E-state index in [4.69, 9.17) is 9.98 Å². The van der Waals surface area contributed by atoms with Crippen molar-refractivity contribution in [2.45, 2.75) is 45.1 Å². The number of aryl methyl sites for hydroxylation is 1. The van der Waals surface area contributed by atoms with Crippen LogP contribution in [-0.4, -0.2) is 65.9 Å². The van der Waals surface area contributed by atoms with Crippen molar-refractivity contribution in [3.05, 3.63) is 22.9 Å². The van der Waals surface area contributed by atoms with Crippen LogP contribution in [0.1, 0.15) is 38.3 Å². The van der Waals surface area contributed by atoms with Crippen LogP contribution in [0.2, 0.25) is 0 Å². The Bertz CT molecular complexity index is 864. The third-order valence-electron chi connectivity index (χ3n) is 5.98. The van der Waals surface area contributed by atoms with E-state index in [1.165, 1.54) is 0 Å². The molecule has 0 saturated carbocycles. The number of hydrogen-bond donors (Lipinski definition) is 1. The lowest BCUT2D eigenvalue weighted by Gasteiger charge is -2.37. The lowest BCUT2D eigenvalue weighted by Crippen LogP contribution is -2.42. The summed E-state index contributed by atoms with van der Waals surface area (Å²) in [4.78, 5) is 30.1. The second-order valence-corrected chi connectivity index (χ2v) is 8.67. The van der Waals surface area contributed by atoms with Crippen LogP contribution < -0.4 is 9.80 Å². The molecule has 3 aliphatic rings. The standard InChI is InChI=1S/C21H29N5O2/c1-13-9-17(24-20(23-13)25(3)4)26-7-5-14(6-8-26)19-18-15(12-22-19)10-16(27)11-21(18,2)28/h9,14,28H,5-8,10-12H2,1-4H3. The number of nitrogens with zero attached hydrogens (tertiary/aromatic N) is 5. The first-order chi connectivity index (χ1) is 13.2. The second-order valence-electron chi connectivity index (χ2n) is 8.67. The first-order valence-electron chi connectivity index (χ1n) is 10.0. The smallest absolute Gasteiger partial charge is 0.226 e. The molecule has 2 aliphatic heterocycles. The van der Waals surface area contributed by atoms with Crippen LogP contribution in [0.15, 0.2) is 22.2 Å². The van der Waals surface area contributed by atoms with Gasteiger partial charge in [-0.3, -0.25) is 9.79 Å². The van der Waals surface area contributed by atoms with Gasteiger partial charge in [-0.1, -0.05) is 0 Å². The molecule has 0 amide bonds. The number of carbonyl (C=O) groups excluding carboxylic acids is 1. The quantitative estimate of drug-likeness (QED) is 0.859. The Morgan fingerprint density at radius 1 is 1.25 bits per heavy atom. The van der Waals surface area contributed by atoms with E-state index < -0.39 is 5.60 Å². The minimum atomic E-state index is -1.07. The van der Waals surface area contributed by atoms with Gasteiger partial charge >= 0.3 is 0 Å². The molecule has 7 heteroatoms. The minimum absolute atomic E-state index is 0.117. The summed E-state index contributed by atoms with van der Waals surface area (Å²) in [7, 11) is 3.91. The van der Waals surface area contributed by atoms with Gasteiger partial charge in [0.15, 0.2) is 0 Å². The van der Waals surface area contributed by atoms with Gasteiger partial charge in [-0.15, -0.1) is 0 Å². The van der Waals surface area contributed by atoms with Crippen LogP contribution in [0.4, 0.5) is 11.8 Å². The third kappa shape index (κ3) is 3.43. The number of aromatic nitrogens is 2. The average molecular weight is 383 g/mol. The summed E-state index contributed by atoms with van der Waals surface area (Å²) in [6.07, 6.45) is 2.60. The maximum Gasteiger partial charge on any atom is 0.226 e. The predicted octanol–water partition coefficient (Wildman–Crippen LogP) is 1.93. The fraction of sp³-hybridized carbons (Fsp3) is 0.619. The highest BCUT2D eigenvalue weighted by Crippen LogP contribution is 2.40. The summed E-state index contributed by atoms with van der Waals surface area (Å²) < 4.78 is 0. The number of aliphatic hydroxyl groups is 1. The number of carbonyl (C=O) groups is 1.